The summed E-state index contributed by atoms with van der Waals surface area (Å²) in [4.78, 5) is 11.5. The van der Waals surface area contributed by atoms with Gasteiger partial charge in [-0.2, -0.15) is 5.26 Å². The molecular formula is C12H14ClN3O. The van der Waals surface area contributed by atoms with Crippen LogP contribution in [0.15, 0.2) is 18.2 Å². The summed E-state index contributed by atoms with van der Waals surface area (Å²) in [6, 6.07) is 6.82. The number of amides is 1. The summed E-state index contributed by atoms with van der Waals surface area (Å²) in [6.45, 7) is 0.803. The Morgan fingerprint density at radius 2 is 2.29 bits per heavy atom. The molecule has 0 unspecified atom stereocenters. The second-order valence-electron chi connectivity index (χ2n) is 3.56. The number of halogens is 1. The van der Waals surface area contributed by atoms with Crippen LogP contribution in [0.3, 0.4) is 0 Å². The van der Waals surface area contributed by atoms with Crippen molar-refractivity contribution in [2.75, 3.05) is 18.9 Å². The highest BCUT2D eigenvalue weighted by Gasteiger charge is 2.04. The number of nitrogens with zero attached hydrogens (tertiary/aromatic N) is 1. The molecular weight excluding hydrogens is 238 g/mol. The van der Waals surface area contributed by atoms with Crippen molar-refractivity contribution in [3.8, 4) is 6.07 Å². The van der Waals surface area contributed by atoms with Crippen LogP contribution in [0.2, 0.25) is 5.02 Å². The van der Waals surface area contributed by atoms with Crippen molar-refractivity contribution in [1.82, 2.24) is 5.32 Å². The minimum Gasteiger partial charge on any atom is -0.326 e. The molecule has 1 rings (SSSR count). The zero-order chi connectivity index (χ0) is 12.7. The minimum atomic E-state index is -0.0635. The van der Waals surface area contributed by atoms with Gasteiger partial charge >= 0.3 is 0 Å². The maximum atomic E-state index is 11.5. The highest BCUT2D eigenvalue weighted by molar-refractivity contribution is 6.31. The molecule has 5 heteroatoms. The number of rotatable bonds is 5. The SMILES string of the molecule is CNCCCC(=O)Nc1ccc(Cl)c(C#N)c1. The minimum absolute atomic E-state index is 0.0635. The quantitative estimate of drug-likeness (QED) is 0.788. The Hall–Kier alpha value is -1.57. The maximum absolute atomic E-state index is 11.5. The fraction of sp³-hybridized carbons (Fsp3) is 0.333. The predicted octanol–water partition coefficient (Wildman–Crippen LogP) is 2.15. The maximum Gasteiger partial charge on any atom is 0.224 e. The van der Waals surface area contributed by atoms with Crippen LogP contribution < -0.4 is 10.6 Å². The summed E-state index contributed by atoms with van der Waals surface area (Å²) in [7, 11) is 1.84. The van der Waals surface area contributed by atoms with Crippen LogP contribution in [0, 0.1) is 11.3 Å². The molecule has 0 atom stereocenters. The molecule has 1 aromatic rings. The zero-order valence-electron chi connectivity index (χ0n) is 9.59. The molecule has 0 aliphatic heterocycles. The van der Waals surface area contributed by atoms with E-state index in [1.54, 1.807) is 18.2 Å². The van der Waals surface area contributed by atoms with E-state index < -0.39 is 0 Å². The van der Waals surface area contributed by atoms with Crippen molar-refractivity contribution in [2.24, 2.45) is 0 Å². The molecule has 0 fully saturated rings. The summed E-state index contributed by atoms with van der Waals surface area (Å²) in [5.74, 6) is -0.0635. The van der Waals surface area contributed by atoms with Crippen LogP contribution in [0.5, 0.6) is 0 Å². The second-order valence-corrected chi connectivity index (χ2v) is 3.97. The number of carbonyl (C=O) groups is 1. The lowest BCUT2D eigenvalue weighted by Crippen LogP contribution is -2.15. The Kier molecular flexibility index (Phi) is 5.47. The van der Waals surface area contributed by atoms with Crippen molar-refractivity contribution >= 4 is 23.2 Å². The predicted molar refractivity (Wildman–Crippen MR) is 68.0 cm³/mol. The number of nitrogens with one attached hydrogen (secondary N) is 2. The fourth-order valence-electron chi connectivity index (χ4n) is 1.34. The van der Waals surface area contributed by atoms with Crippen molar-refractivity contribution in [1.29, 1.82) is 5.26 Å². The number of hydrogen-bond donors (Lipinski definition) is 2. The van der Waals surface area contributed by atoms with Crippen LogP contribution >= 0.6 is 11.6 Å². The Labute approximate surface area is 106 Å². The van der Waals surface area contributed by atoms with Gasteiger partial charge in [0.2, 0.25) is 5.91 Å². The topological polar surface area (TPSA) is 64.9 Å². The van der Waals surface area contributed by atoms with Crippen LogP contribution in [0.4, 0.5) is 5.69 Å². The van der Waals surface area contributed by atoms with Gasteiger partial charge in [0.25, 0.3) is 0 Å². The van der Waals surface area contributed by atoms with Gasteiger partial charge in [-0.05, 0) is 38.2 Å². The largest absolute Gasteiger partial charge is 0.326 e. The lowest BCUT2D eigenvalue weighted by atomic mass is 10.2. The molecule has 0 spiro atoms. The van der Waals surface area contributed by atoms with E-state index in [4.69, 9.17) is 16.9 Å². The van der Waals surface area contributed by atoms with Gasteiger partial charge in [-0.3, -0.25) is 4.79 Å². The molecule has 0 aliphatic carbocycles. The average molecular weight is 252 g/mol. The number of anilines is 1. The first-order chi connectivity index (χ1) is 8.17. The van der Waals surface area contributed by atoms with Crippen molar-refractivity contribution in [3.05, 3.63) is 28.8 Å². The van der Waals surface area contributed by atoms with E-state index in [0.717, 1.165) is 13.0 Å². The third-order valence-electron chi connectivity index (χ3n) is 2.20. The van der Waals surface area contributed by atoms with Gasteiger partial charge in [-0.1, -0.05) is 11.6 Å². The van der Waals surface area contributed by atoms with E-state index in [9.17, 15) is 4.79 Å². The lowest BCUT2D eigenvalue weighted by Gasteiger charge is -2.06. The highest BCUT2D eigenvalue weighted by Crippen LogP contribution is 2.19. The van der Waals surface area contributed by atoms with Gasteiger partial charge in [0.1, 0.15) is 6.07 Å². The molecule has 0 aliphatic rings. The summed E-state index contributed by atoms with van der Waals surface area (Å²) in [5, 5.41) is 14.9. The van der Waals surface area contributed by atoms with Gasteiger partial charge in [-0.15, -0.1) is 0 Å². The first-order valence-corrected chi connectivity index (χ1v) is 5.69. The van der Waals surface area contributed by atoms with E-state index >= 15 is 0 Å². The van der Waals surface area contributed by atoms with Crippen molar-refractivity contribution in [3.63, 3.8) is 0 Å². The van der Waals surface area contributed by atoms with Crippen LogP contribution in [-0.2, 0) is 4.79 Å². The van der Waals surface area contributed by atoms with E-state index in [1.807, 2.05) is 13.1 Å². The Morgan fingerprint density at radius 3 is 2.94 bits per heavy atom. The number of nitriles is 1. The molecule has 1 amide bonds. The molecule has 0 radical (unpaired) electrons. The van der Waals surface area contributed by atoms with Crippen molar-refractivity contribution < 1.29 is 4.79 Å². The third kappa shape index (κ3) is 4.43. The Bertz CT molecular complexity index is 440. The van der Waals surface area contributed by atoms with Gasteiger partial charge in [-0.25, -0.2) is 0 Å². The van der Waals surface area contributed by atoms with E-state index in [1.165, 1.54) is 0 Å². The van der Waals surface area contributed by atoms with Crippen molar-refractivity contribution in [2.45, 2.75) is 12.8 Å². The molecule has 0 heterocycles. The Morgan fingerprint density at radius 1 is 1.53 bits per heavy atom. The van der Waals surface area contributed by atoms with E-state index in [-0.39, 0.29) is 5.91 Å². The van der Waals surface area contributed by atoms with Gasteiger partial charge < -0.3 is 10.6 Å². The summed E-state index contributed by atoms with van der Waals surface area (Å²) >= 11 is 5.79. The van der Waals surface area contributed by atoms with E-state index in [2.05, 4.69) is 10.6 Å². The number of carbonyl (C=O) groups excluding carboxylic acids is 1. The summed E-state index contributed by atoms with van der Waals surface area (Å²) < 4.78 is 0. The van der Waals surface area contributed by atoms with E-state index in [0.29, 0.717) is 22.7 Å². The smallest absolute Gasteiger partial charge is 0.224 e. The van der Waals surface area contributed by atoms with Crippen LogP contribution in [-0.4, -0.2) is 19.5 Å². The van der Waals surface area contributed by atoms with Crippen LogP contribution in [0.1, 0.15) is 18.4 Å². The summed E-state index contributed by atoms with van der Waals surface area (Å²) in [6.07, 6.45) is 1.23. The fourth-order valence-corrected chi connectivity index (χ4v) is 1.50. The Balaban J connectivity index is 2.57. The van der Waals surface area contributed by atoms with Gasteiger partial charge in [0.15, 0.2) is 0 Å². The monoisotopic (exact) mass is 251 g/mol. The molecule has 17 heavy (non-hydrogen) atoms. The van der Waals surface area contributed by atoms with Crippen LogP contribution in [0.25, 0.3) is 0 Å². The van der Waals surface area contributed by atoms with Gasteiger partial charge in [0, 0.05) is 12.1 Å². The molecule has 1 aromatic carbocycles. The normalized spacial score (nSPS) is 9.71. The molecule has 2 N–H and O–H groups in total. The first kappa shape index (κ1) is 13.5. The lowest BCUT2D eigenvalue weighted by molar-refractivity contribution is -0.116. The molecule has 0 saturated carbocycles. The number of benzene rings is 1. The second kappa shape index (κ2) is 6.89. The molecule has 0 saturated heterocycles. The summed E-state index contributed by atoms with van der Waals surface area (Å²) in [5.41, 5.74) is 0.958. The molecule has 0 aromatic heterocycles. The standard InChI is InChI=1S/C12H14ClN3O/c1-15-6-2-3-12(17)16-10-4-5-11(13)9(7-10)8-14/h4-5,7,15H,2-3,6H2,1H3,(H,16,17). The molecule has 0 bridgehead atoms. The number of hydrogen-bond acceptors (Lipinski definition) is 3. The highest BCUT2D eigenvalue weighted by atomic mass is 35.5. The van der Waals surface area contributed by atoms with Gasteiger partial charge in [0.05, 0.1) is 10.6 Å². The molecule has 90 valence electrons. The third-order valence-corrected chi connectivity index (χ3v) is 2.53. The average Bonchev–Trinajstić information content (AvgIpc) is 2.32. The first-order valence-electron chi connectivity index (χ1n) is 5.31. The molecule has 4 nitrogen and oxygen atoms in total. The zero-order valence-corrected chi connectivity index (χ0v) is 10.3.